The first kappa shape index (κ1) is 15.0. The van der Waals surface area contributed by atoms with Crippen LogP contribution in [0.2, 0.25) is 0 Å². The molecule has 0 amide bonds. The van der Waals surface area contributed by atoms with Crippen molar-refractivity contribution in [3.05, 3.63) is 0 Å². The van der Waals surface area contributed by atoms with Crippen molar-refractivity contribution in [3.8, 4) is 0 Å². The molecule has 0 aromatic rings. The summed E-state index contributed by atoms with van der Waals surface area (Å²) in [4.78, 5) is 0. The van der Waals surface area contributed by atoms with E-state index in [9.17, 15) is 0 Å². The monoisotopic (exact) mass is 240 g/mol. The van der Waals surface area contributed by atoms with Gasteiger partial charge in [0.15, 0.2) is 0 Å². The van der Waals surface area contributed by atoms with E-state index < -0.39 is 0 Å². The van der Waals surface area contributed by atoms with Crippen LogP contribution in [-0.2, 0) is 0 Å². The third-order valence-corrected chi connectivity index (χ3v) is 4.41. The van der Waals surface area contributed by atoms with Gasteiger partial charge in [0.2, 0.25) is 0 Å². The molecule has 17 heavy (non-hydrogen) atoms. The highest BCUT2D eigenvalue weighted by molar-refractivity contribution is 5.01. The van der Waals surface area contributed by atoms with E-state index in [1.54, 1.807) is 0 Å². The fraction of sp³-hybridized carbons (Fsp3) is 1.00. The zero-order valence-electron chi connectivity index (χ0n) is 12.1. The summed E-state index contributed by atoms with van der Waals surface area (Å²) < 4.78 is 0. The molecule has 1 saturated carbocycles. The minimum absolute atomic E-state index is 0.540. The Bertz CT molecular complexity index is 201. The second-order valence-corrected chi connectivity index (χ2v) is 6.48. The van der Waals surface area contributed by atoms with Crippen molar-refractivity contribution in [1.29, 1.82) is 0 Å². The lowest BCUT2D eigenvalue weighted by Gasteiger charge is -2.17. The summed E-state index contributed by atoms with van der Waals surface area (Å²) in [6.45, 7) is 6.98. The van der Waals surface area contributed by atoms with E-state index in [1.807, 2.05) is 0 Å². The summed E-state index contributed by atoms with van der Waals surface area (Å²) in [6.07, 6.45) is 12.3. The molecule has 3 N–H and O–H groups in total. The van der Waals surface area contributed by atoms with Gasteiger partial charge in [-0.05, 0) is 24.2 Å². The molecule has 1 aliphatic carbocycles. The van der Waals surface area contributed by atoms with Crippen molar-refractivity contribution in [2.75, 3.05) is 0 Å². The van der Waals surface area contributed by atoms with E-state index in [0.29, 0.717) is 11.5 Å². The van der Waals surface area contributed by atoms with E-state index in [2.05, 4.69) is 26.2 Å². The average Bonchev–Trinajstić information content (AvgIpc) is 2.92. The lowest BCUT2D eigenvalue weighted by Crippen LogP contribution is -2.37. The van der Waals surface area contributed by atoms with Crippen LogP contribution in [0.25, 0.3) is 0 Å². The predicted molar refractivity (Wildman–Crippen MR) is 75.6 cm³/mol. The van der Waals surface area contributed by atoms with Crippen LogP contribution >= 0.6 is 0 Å². The maximum Gasteiger partial charge on any atom is 0.0244 e. The van der Waals surface area contributed by atoms with Crippen molar-refractivity contribution < 1.29 is 0 Å². The van der Waals surface area contributed by atoms with Crippen LogP contribution in [0.1, 0.15) is 78.6 Å². The second kappa shape index (κ2) is 7.38. The molecule has 102 valence electrons. The molecule has 2 unspecified atom stereocenters. The molecule has 2 atom stereocenters. The van der Waals surface area contributed by atoms with E-state index >= 15 is 0 Å². The van der Waals surface area contributed by atoms with Crippen LogP contribution in [-0.4, -0.2) is 6.04 Å². The van der Waals surface area contributed by atoms with Gasteiger partial charge in [0.05, 0.1) is 0 Å². The molecule has 0 aromatic carbocycles. The highest BCUT2D eigenvalue weighted by atomic mass is 15.2. The Kier molecular flexibility index (Phi) is 6.50. The summed E-state index contributed by atoms with van der Waals surface area (Å²) >= 11 is 0. The van der Waals surface area contributed by atoms with Gasteiger partial charge in [0.1, 0.15) is 0 Å². The Morgan fingerprint density at radius 1 is 1.12 bits per heavy atom. The Labute approximate surface area is 108 Å². The molecule has 0 radical (unpaired) electrons. The standard InChI is InChI=1S/C15H32N2/c1-4-5-6-7-8-9-10-11-14(17-16)13-12-15(13,2)3/h13-14,17H,4-12,16H2,1-3H3. The van der Waals surface area contributed by atoms with Gasteiger partial charge in [-0.3, -0.25) is 11.3 Å². The summed E-state index contributed by atoms with van der Waals surface area (Å²) in [7, 11) is 0. The Balaban J connectivity index is 1.97. The number of nitrogens with one attached hydrogen (secondary N) is 1. The van der Waals surface area contributed by atoms with E-state index in [-0.39, 0.29) is 0 Å². The molecule has 2 heteroatoms. The molecule has 0 saturated heterocycles. The van der Waals surface area contributed by atoms with Crippen LogP contribution < -0.4 is 11.3 Å². The first-order valence-electron chi connectivity index (χ1n) is 7.58. The van der Waals surface area contributed by atoms with Crippen LogP contribution in [0.4, 0.5) is 0 Å². The molecular formula is C15H32N2. The number of hydrogen-bond acceptors (Lipinski definition) is 2. The summed E-state index contributed by atoms with van der Waals surface area (Å²) in [5, 5.41) is 0. The second-order valence-electron chi connectivity index (χ2n) is 6.48. The first-order chi connectivity index (χ1) is 8.11. The summed E-state index contributed by atoms with van der Waals surface area (Å²) in [6, 6.07) is 0.556. The first-order valence-corrected chi connectivity index (χ1v) is 7.58. The van der Waals surface area contributed by atoms with Crippen LogP contribution in [0.15, 0.2) is 0 Å². The smallest absolute Gasteiger partial charge is 0.0244 e. The van der Waals surface area contributed by atoms with E-state index in [0.717, 1.165) is 5.92 Å². The molecule has 2 nitrogen and oxygen atoms in total. The van der Waals surface area contributed by atoms with Gasteiger partial charge in [0, 0.05) is 6.04 Å². The fourth-order valence-electron chi connectivity index (χ4n) is 2.92. The van der Waals surface area contributed by atoms with Gasteiger partial charge in [-0.15, -0.1) is 0 Å². The average molecular weight is 240 g/mol. The van der Waals surface area contributed by atoms with Crippen molar-refractivity contribution in [2.24, 2.45) is 17.2 Å². The maximum atomic E-state index is 5.67. The highest BCUT2D eigenvalue weighted by Crippen LogP contribution is 2.54. The van der Waals surface area contributed by atoms with Crippen molar-refractivity contribution in [2.45, 2.75) is 84.6 Å². The zero-order valence-corrected chi connectivity index (χ0v) is 12.1. The minimum Gasteiger partial charge on any atom is -0.271 e. The van der Waals surface area contributed by atoms with Gasteiger partial charge >= 0.3 is 0 Å². The quantitative estimate of drug-likeness (QED) is 0.344. The lowest BCUT2D eigenvalue weighted by atomic mass is 9.98. The van der Waals surface area contributed by atoms with Crippen molar-refractivity contribution in [1.82, 2.24) is 5.43 Å². The zero-order chi connectivity index (χ0) is 12.7. The lowest BCUT2D eigenvalue weighted by molar-refractivity contribution is 0.376. The van der Waals surface area contributed by atoms with Crippen LogP contribution in [0, 0.1) is 11.3 Å². The third-order valence-electron chi connectivity index (χ3n) is 4.41. The topological polar surface area (TPSA) is 38.0 Å². The van der Waals surface area contributed by atoms with Crippen LogP contribution in [0.3, 0.4) is 0 Å². The van der Waals surface area contributed by atoms with E-state index in [1.165, 1.54) is 57.8 Å². The Morgan fingerprint density at radius 2 is 1.65 bits per heavy atom. The largest absolute Gasteiger partial charge is 0.271 e. The molecule has 1 aliphatic rings. The Hall–Kier alpha value is -0.0800. The number of unbranched alkanes of at least 4 members (excludes halogenated alkanes) is 6. The van der Waals surface area contributed by atoms with Crippen molar-refractivity contribution >= 4 is 0 Å². The molecule has 0 heterocycles. The van der Waals surface area contributed by atoms with Gasteiger partial charge < -0.3 is 0 Å². The number of hydrogen-bond donors (Lipinski definition) is 2. The van der Waals surface area contributed by atoms with Gasteiger partial charge in [-0.1, -0.05) is 65.7 Å². The normalized spacial score (nSPS) is 23.6. The molecule has 1 fully saturated rings. The van der Waals surface area contributed by atoms with Crippen LogP contribution in [0.5, 0.6) is 0 Å². The maximum absolute atomic E-state index is 5.67. The molecule has 0 spiro atoms. The van der Waals surface area contributed by atoms with Gasteiger partial charge in [-0.2, -0.15) is 0 Å². The SMILES string of the molecule is CCCCCCCCCC(NN)C1CC1(C)C. The van der Waals surface area contributed by atoms with Crippen molar-refractivity contribution in [3.63, 3.8) is 0 Å². The third kappa shape index (κ3) is 5.39. The number of rotatable bonds is 10. The number of nitrogens with two attached hydrogens (primary N) is 1. The van der Waals surface area contributed by atoms with Gasteiger partial charge in [-0.25, -0.2) is 0 Å². The molecular weight excluding hydrogens is 208 g/mol. The summed E-state index contributed by atoms with van der Waals surface area (Å²) in [5.74, 6) is 6.48. The minimum atomic E-state index is 0.540. The molecule has 1 rings (SSSR count). The fourth-order valence-corrected chi connectivity index (χ4v) is 2.92. The molecule has 0 aromatic heterocycles. The molecule has 0 bridgehead atoms. The highest BCUT2D eigenvalue weighted by Gasteiger charge is 2.49. The Morgan fingerprint density at radius 3 is 2.12 bits per heavy atom. The molecule has 0 aliphatic heterocycles. The van der Waals surface area contributed by atoms with E-state index in [4.69, 9.17) is 5.84 Å². The number of hydrazine groups is 1. The van der Waals surface area contributed by atoms with Gasteiger partial charge in [0.25, 0.3) is 0 Å². The summed E-state index contributed by atoms with van der Waals surface area (Å²) in [5.41, 5.74) is 3.57. The predicted octanol–water partition coefficient (Wildman–Crippen LogP) is 4.01.